The highest BCUT2D eigenvalue weighted by Crippen LogP contribution is 2.60. The van der Waals surface area contributed by atoms with Gasteiger partial charge in [0.2, 0.25) is 6.41 Å². The second-order valence-electron chi connectivity index (χ2n) is 7.91. The Morgan fingerprint density at radius 1 is 1.35 bits per heavy atom. The number of nitrogens with one attached hydrogen (secondary N) is 1. The minimum atomic E-state index is -0.435. The fraction of sp³-hybridized carbons (Fsp3) is 0.632. The number of aromatic hydroxyl groups is 1. The Balaban J connectivity index is 1.68. The Hall–Kier alpha value is -1.55. The third kappa shape index (κ3) is 2.11. The number of carbonyl (C=O) groups excluding carboxylic acids is 1. The highest BCUT2D eigenvalue weighted by molar-refractivity contribution is 5.48. The van der Waals surface area contributed by atoms with Gasteiger partial charge in [-0.25, -0.2) is 0 Å². The first-order chi connectivity index (χ1) is 11.0. The van der Waals surface area contributed by atoms with Crippen molar-refractivity contribution in [3.8, 4) is 5.75 Å². The summed E-state index contributed by atoms with van der Waals surface area (Å²) in [5, 5.41) is 23.1. The van der Waals surface area contributed by atoms with E-state index in [0.29, 0.717) is 23.5 Å². The normalized spacial score (nSPS) is 41.6. The Bertz CT molecular complexity index is 631. The van der Waals surface area contributed by atoms with Crippen molar-refractivity contribution in [2.24, 2.45) is 17.3 Å². The van der Waals surface area contributed by atoms with Crippen LogP contribution in [0.2, 0.25) is 0 Å². The van der Waals surface area contributed by atoms with E-state index >= 15 is 0 Å². The van der Waals surface area contributed by atoms with Crippen LogP contribution >= 0.6 is 0 Å². The molecule has 0 spiro atoms. The maximum absolute atomic E-state index is 11.0. The number of aliphatic hydroxyl groups is 1. The maximum Gasteiger partial charge on any atom is 0.207 e. The molecule has 0 unspecified atom stereocenters. The van der Waals surface area contributed by atoms with Crippen LogP contribution in [0.3, 0.4) is 0 Å². The predicted molar refractivity (Wildman–Crippen MR) is 87.1 cm³/mol. The molecular weight excluding hydrogens is 290 g/mol. The lowest BCUT2D eigenvalue weighted by molar-refractivity contribution is -0.112. The first kappa shape index (κ1) is 15.0. The standard InChI is InChI=1S/C19H25NO3/c1-19-7-6-14-13-5-3-12(22)8-11(13)2-4-15(14)16(19)9-17(23)18(19)20-10-21/h3,5,8,10,14-18,22-23H,2,4,6-7,9H2,1H3,(H,20,21)/t14-,15-,16+,17+,18-,19+/m1/s1. The van der Waals surface area contributed by atoms with Crippen LogP contribution in [-0.4, -0.2) is 28.8 Å². The molecule has 6 atom stereocenters. The molecule has 1 amide bonds. The summed E-state index contributed by atoms with van der Waals surface area (Å²) in [6.45, 7) is 2.25. The third-order valence-corrected chi connectivity index (χ3v) is 6.99. The number of hydrogen-bond donors (Lipinski definition) is 3. The molecule has 0 bridgehead atoms. The van der Waals surface area contributed by atoms with Gasteiger partial charge < -0.3 is 15.5 Å². The molecule has 4 nitrogen and oxygen atoms in total. The van der Waals surface area contributed by atoms with E-state index in [1.165, 1.54) is 11.1 Å². The number of benzene rings is 1. The van der Waals surface area contributed by atoms with E-state index in [1.807, 2.05) is 6.07 Å². The second-order valence-corrected chi connectivity index (χ2v) is 7.91. The van der Waals surface area contributed by atoms with Crippen LogP contribution in [0.1, 0.15) is 49.7 Å². The molecule has 3 aliphatic rings. The Morgan fingerprint density at radius 2 is 2.17 bits per heavy atom. The van der Waals surface area contributed by atoms with Crippen molar-refractivity contribution in [1.29, 1.82) is 0 Å². The Morgan fingerprint density at radius 3 is 2.96 bits per heavy atom. The van der Waals surface area contributed by atoms with Gasteiger partial charge in [-0.1, -0.05) is 13.0 Å². The molecule has 2 saturated carbocycles. The van der Waals surface area contributed by atoms with Crippen molar-refractivity contribution in [3.05, 3.63) is 29.3 Å². The fourth-order valence-corrected chi connectivity index (χ4v) is 5.96. The average molecular weight is 315 g/mol. The number of aryl methyl sites for hydroxylation is 1. The predicted octanol–water partition coefficient (Wildman–Crippen LogP) is 2.33. The monoisotopic (exact) mass is 315 g/mol. The molecule has 0 aromatic heterocycles. The van der Waals surface area contributed by atoms with E-state index < -0.39 is 6.10 Å². The van der Waals surface area contributed by atoms with Gasteiger partial charge in [0, 0.05) is 0 Å². The smallest absolute Gasteiger partial charge is 0.207 e. The number of aliphatic hydroxyl groups excluding tert-OH is 1. The first-order valence-electron chi connectivity index (χ1n) is 8.74. The van der Waals surface area contributed by atoms with Gasteiger partial charge in [0.15, 0.2) is 0 Å². The van der Waals surface area contributed by atoms with Crippen molar-refractivity contribution >= 4 is 6.41 Å². The number of carbonyl (C=O) groups is 1. The summed E-state index contributed by atoms with van der Waals surface area (Å²) in [7, 11) is 0. The summed E-state index contributed by atoms with van der Waals surface area (Å²) in [4.78, 5) is 11.0. The first-order valence-corrected chi connectivity index (χ1v) is 8.74. The molecule has 4 heteroatoms. The summed E-state index contributed by atoms with van der Waals surface area (Å²) in [5.74, 6) is 1.91. The van der Waals surface area contributed by atoms with Crippen molar-refractivity contribution in [2.45, 2.75) is 57.1 Å². The van der Waals surface area contributed by atoms with Crippen LogP contribution in [0.15, 0.2) is 18.2 Å². The lowest BCUT2D eigenvalue weighted by atomic mass is 9.55. The second kappa shape index (κ2) is 5.23. The summed E-state index contributed by atoms with van der Waals surface area (Å²) >= 11 is 0. The molecule has 1 aromatic rings. The van der Waals surface area contributed by atoms with Crippen LogP contribution in [0.5, 0.6) is 5.75 Å². The lowest BCUT2D eigenvalue weighted by Gasteiger charge is -2.50. The molecule has 3 N–H and O–H groups in total. The maximum atomic E-state index is 11.0. The van der Waals surface area contributed by atoms with E-state index in [2.05, 4.69) is 18.3 Å². The van der Waals surface area contributed by atoms with Crippen LogP contribution < -0.4 is 5.32 Å². The summed E-state index contributed by atoms with van der Waals surface area (Å²) in [5.41, 5.74) is 2.67. The van der Waals surface area contributed by atoms with Gasteiger partial charge in [-0.05, 0) is 78.5 Å². The van der Waals surface area contributed by atoms with Gasteiger partial charge in [0.1, 0.15) is 5.75 Å². The molecule has 124 valence electrons. The third-order valence-electron chi connectivity index (χ3n) is 6.99. The molecule has 0 radical (unpaired) electrons. The lowest BCUT2D eigenvalue weighted by Crippen LogP contribution is -2.50. The van der Waals surface area contributed by atoms with Gasteiger partial charge in [-0.2, -0.15) is 0 Å². The zero-order valence-corrected chi connectivity index (χ0v) is 13.5. The SMILES string of the molecule is C[C@]12CC[C@@H]3c4ccc(O)cc4CC[C@H]3[C@@H]1C[C@H](O)[C@H]2NC=O. The van der Waals surface area contributed by atoms with Gasteiger partial charge in [-0.15, -0.1) is 0 Å². The molecule has 0 heterocycles. The van der Waals surface area contributed by atoms with Gasteiger partial charge in [-0.3, -0.25) is 4.79 Å². The Kier molecular flexibility index (Phi) is 3.41. The van der Waals surface area contributed by atoms with Crippen LogP contribution in [0.4, 0.5) is 0 Å². The molecule has 3 aliphatic carbocycles. The van der Waals surface area contributed by atoms with Crippen molar-refractivity contribution < 1.29 is 15.0 Å². The number of fused-ring (bicyclic) bond motifs is 5. The number of amides is 1. The van der Waals surface area contributed by atoms with Crippen molar-refractivity contribution in [1.82, 2.24) is 5.32 Å². The number of rotatable bonds is 2. The Labute approximate surface area is 136 Å². The van der Waals surface area contributed by atoms with Gasteiger partial charge in [0.25, 0.3) is 0 Å². The van der Waals surface area contributed by atoms with E-state index in [-0.39, 0.29) is 11.5 Å². The minimum Gasteiger partial charge on any atom is -0.508 e. The minimum absolute atomic E-state index is 0.00405. The summed E-state index contributed by atoms with van der Waals surface area (Å²) in [6.07, 6.45) is 5.33. The molecule has 0 aliphatic heterocycles. The van der Waals surface area contributed by atoms with Crippen LogP contribution in [0, 0.1) is 17.3 Å². The van der Waals surface area contributed by atoms with Crippen molar-refractivity contribution in [2.75, 3.05) is 0 Å². The number of hydrogen-bond acceptors (Lipinski definition) is 3. The topological polar surface area (TPSA) is 69.6 Å². The summed E-state index contributed by atoms with van der Waals surface area (Å²) in [6, 6.07) is 5.69. The zero-order chi connectivity index (χ0) is 16.2. The molecule has 23 heavy (non-hydrogen) atoms. The van der Waals surface area contributed by atoms with E-state index in [1.54, 1.807) is 6.07 Å². The van der Waals surface area contributed by atoms with E-state index in [4.69, 9.17) is 0 Å². The molecule has 2 fully saturated rings. The number of phenolic OH excluding ortho intramolecular Hbond substituents is 1. The van der Waals surface area contributed by atoms with E-state index in [0.717, 1.165) is 38.5 Å². The van der Waals surface area contributed by atoms with Crippen LogP contribution in [0.25, 0.3) is 0 Å². The fourth-order valence-electron chi connectivity index (χ4n) is 5.96. The quantitative estimate of drug-likeness (QED) is 0.734. The van der Waals surface area contributed by atoms with Gasteiger partial charge >= 0.3 is 0 Å². The molecule has 0 saturated heterocycles. The van der Waals surface area contributed by atoms with Gasteiger partial charge in [0.05, 0.1) is 12.1 Å². The highest BCUT2D eigenvalue weighted by atomic mass is 16.3. The zero-order valence-electron chi connectivity index (χ0n) is 13.5. The summed E-state index contributed by atoms with van der Waals surface area (Å²) < 4.78 is 0. The largest absolute Gasteiger partial charge is 0.508 e. The van der Waals surface area contributed by atoms with Crippen LogP contribution in [-0.2, 0) is 11.2 Å². The molecular formula is C19H25NO3. The highest BCUT2D eigenvalue weighted by Gasteiger charge is 2.58. The molecule has 4 rings (SSSR count). The van der Waals surface area contributed by atoms with E-state index in [9.17, 15) is 15.0 Å². The molecule has 1 aromatic carbocycles. The van der Waals surface area contributed by atoms with Crippen molar-refractivity contribution in [3.63, 3.8) is 0 Å². The number of phenols is 1. The average Bonchev–Trinajstić information content (AvgIpc) is 2.79.